The Kier molecular flexibility index (Phi) is 5.01. The maximum Gasteiger partial charge on any atom is 0.241 e. The van der Waals surface area contributed by atoms with Crippen molar-refractivity contribution in [2.45, 2.75) is 19.3 Å². The molecule has 1 aliphatic heterocycles. The number of carbonyl (C=O) groups is 2. The fourth-order valence-corrected chi connectivity index (χ4v) is 6.16. The second-order valence-corrected chi connectivity index (χ2v) is 9.75. The topological polar surface area (TPSA) is 96.9 Å². The number of morpholine rings is 1. The van der Waals surface area contributed by atoms with Gasteiger partial charge in [0.05, 0.1) is 42.3 Å². The standard InChI is InChI=1S/C21H27N5O4S/c1-25(2)18(27)12-10-21(5-4-13(12)21)19(28)24-20-23-15-16(31-20)14(11-22-17(15)29-3)26-6-8-30-9-7-26/h11-13H,4-10H2,1-3H3,(H,23,24,28). The van der Waals surface area contributed by atoms with E-state index in [1.54, 1.807) is 32.3 Å². The fraction of sp³-hybridized carbons (Fsp3) is 0.619. The summed E-state index contributed by atoms with van der Waals surface area (Å²) in [6.45, 7) is 2.92. The number of amides is 2. The highest BCUT2D eigenvalue weighted by molar-refractivity contribution is 7.23. The van der Waals surface area contributed by atoms with Gasteiger partial charge in [0.25, 0.3) is 0 Å². The first kappa shape index (κ1) is 20.4. The Morgan fingerprint density at radius 1 is 1.35 bits per heavy atom. The summed E-state index contributed by atoms with van der Waals surface area (Å²) in [4.78, 5) is 38.5. The average Bonchev–Trinajstić information content (AvgIpc) is 3.18. The highest BCUT2D eigenvalue weighted by Gasteiger charge is 2.66. The van der Waals surface area contributed by atoms with Gasteiger partial charge in [-0.25, -0.2) is 9.97 Å². The van der Waals surface area contributed by atoms with Crippen LogP contribution in [0.4, 0.5) is 10.8 Å². The van der Waals surface area contributed by atoms with Gasteiger partial charge in [0.2, 0.25) is 17.7 Å². The third-order valence-corrected chi connectivity index (χ3v) is 8.02. The molecule has 166 valence electrons. The van der Waals surface area contributed by atoms with Crippen molar-refractivity contribution < 1.29 is 19.1 Å². The van der Waals surface area contributed by atoms with Crippen LogP contribution in [-0.4, -0.2) is 74.2 Å². The molecular formula is C21H27N5O4S. The zero-order valence-corrected chi connectivity index (χ0v) is 18.8. The highest BCUT2D eigenvalue weighted by Crippen LogP contribution is 2.65. The van der Waals surface area contributed by atoms with Gasteiger partial charge in [0, 0.05) is 33.1 Å². The van der Waals surface area contributed by atoms with Crippen LogP contribution >= 0.6 is 11.3 Å². The lowest BCUT2D eigenvalue weighted by Gasteiger charge is -2.61. The summed E-state index contributed by atoms with van der Waals surface area (Å²) in [5, 5.41) is 3.59. The maximum absolute atomic E-state index is 13.2. The highest BCUT2D eigenvalue weighted by atomic mass is 32.1. The monoisotopic (exact) mass is 445 g/mol. The molecule has 3 atom stereocenters. The van der Waals surface area contributed by atoms with Crippen LogP contribution in [0.2, 0.25) is 0 Å². The number of thiazole rings is 1. The minimum absolute atomic E-state index is 0.0227. The van der Waals surface area contributed by atoms with E-state index in [0.717, 1.165) is 36.3 Å². The largest absolute Gasteiger partial charge is 0.479 e. The molecule has 2 amide bonds. The van der Waals surface area contributed by atoms with Gasteiger partial charge in [-0.15, -0.1) is 0 Å². The molecule has 2 aliphatic carbocycles. The predicted octanol–water partition coefficient (Wildman–Crippen LogP) is 1.98. The Balaban J connectivity index is 1.39. The van der Waals surface area contributed by atoms with E-state index in [1.807, 2.05) is 0 Å². The molecule has 9 nitrogen and oxygen atoms in total. The molecule has 0 spiro atoms. The first-order valence-corrected chi connectivity index (χ1v) is 11.4. The number of nitrogens with zero attached hydrogens (tertiary/aromatic N) is 4. The molecule has 0 bridgehead atoms. The van der Waals surface area contributed by atoms with Gasteiger partial charge in [0.15, 0.2) is 5.13 Å². The van der Waals surface area contributed by atoms with Gasteiger partial charge in [-0.3, -0.25) is 9.59 Å². The summed E-state index contributed by atoms with van der Waals surface area (Å²) in [6, 6.07) is 0. The third-order valence-electron chi connectivity index (χ3n) is 7.02. The van der Waals surface area contributed by atoms with E-state index in [1.165, 1.54) is 11.3 Å². The SMILES string of the molecule is COc1ncc(N2CCOCC2)c2sc(NC(=O)C34CCC3C(C(=O)N(C)C)C4)nc12. The van der Waals surface area contributed by atoms with Crippen LogP contribution in [0.3, 0.4) is 0 Å². The van der Waals surface area contributed by atoms with Crippen molar-refractivity contribution >= 4 is 44.2 Å². The molecule has 3 unspecified atom stereocenters. The van der Waals surface area contributed by atoms with E-state index in [9.17, 15) is 9.59 Å². The predicted molar refractivity (Wildman–Crippen MR) is 118 cm³/mol. The van der Waals surface area contributed by atoms with Crippen molar-refractivity contribution in [2.24, 2.45) is 17.3 Å². The van der Waals surface area contributed by atoms with Crippen molar-refractivity contribution in [3.8, 4) is 5.88 Å². The van der Waals surface area contributed by atoms with E-state index >= 15 is 0 Å². The number of hydrogen-bond acceptors (Lipinski definition) is 8. The molecule has 31 heavy (non-hydrogen) atoms. The normalized spacial score (nSPS) is 27.1. The van der Waals surface area contributed by atoms with Crippen molar-refractivity contribution in [1.29, 1.82) is 0 Å². The summed E-state index contributed by atoms with van der Waals surface area (Å²) >= 11 is 1.44. The van der Waals surface area contributed by atoms with E-state index in [2.05, 4.69) is 20.2 Å². The smallest absolute Gasteiger partial charge is 0.241 e. The molecule has 5 rings (SSSR count). The summed E-state index contributed by atoms with van der Waals surface area (Å²) in [5.41, 5.74) is 1.21. The molecule has 2 saturated carbocycles. The number of methoxy groups -OCH3 is 1. The van der Waals surface area contributed by atoms with E-state index in [4.69, 9.17) is 9.47 Å². The second kappa shape index (κ2) is 7.59. The molecule has 2 aromatic rings. The number of ether oxygens (including phenoxy) is 2. The minimum atomic E-state index is -0.427. The van der Waals surface area contributed by atoms with Crippen LogP contribution in [-0.2, 0) is 14.3 Å². The van der Waals surface area contributed by atoms with Crippen LogP contribution < -0.4 is 15.0 Å². The summed E-state index contributed by atoms with van der Waals surface area (Å²) in [7, 11) is 5.12. The van der Waals surface area contributed by atoms with Crippen LogP contribution in [0.15, 0.2) is 6.20 Å². The number of aromatic nitrogens is 2. The van der Waals surface area contributed by atoms with Crippen LogP contribution in [0.5, 0.6) is 5.88 Å². The molecule has 1 saturated heterocycles. The van der Waals surface area contributed by atoms with Crippen LogP contribution in [0, 0.1) is 17.3 Å². The Morgan fingerprint density at radius 2 is 2.13 bits per heavy atom. The van der Waals surface area contributed by atoms with E-state index in [0.29, 0.717) is 36.2 Å². The lowest BCUT2D eigenvalue weighted by molar-refractivity contribution is -0.178. The second-order valence-electron chi connectivity index (χ2n) is 8.75. The maximum atomic E-state index is 13.2. The lowest BCUT2D eigenvalue weighted by Crippen LogP contribution is -2.64. The molecule has 0 radical (unpaired) electrons. The Labute approximate surface area is 184 Å². The van der Waals surface area contributed by atoms with Gasteiger partial charge in [0.1, 0.15) is 5.52 Å². The first-order valence-electron chi connectivity index (χ1n) is 10.6. The molecule has 2 aromatic heterocycles. The van der Waals surface area contributed by atoms with Gasteiger partial charge >= 0.3 is 0 Å². The number of rotatable bonds is 5. The van der Waals surface area contributed by atoms with Crippen LogP contribution in [0.1, 0.15) is 19.3 Å². The molecule has 3 aliphatic rings. The fourth-order valence-electron chi connectivity index (χ4n) is 5.17. The van der Waals surface area contributed by atoms with Gasteiger partial charge in [-0.1, -0.05) is 11.3 Å². The van der Waals surface area contributed by atoms with E-state index < -0.39 is 5.41 Å². The van der Waals surface area contributed by atoms with Crippen molar-refractivity contribution in [2.75, 3.05) is 57.7 Å². The van der Waals surface area contributed by atoms with Gasteiger partial charge < -0.3 is 24.6 Å². The lowest BCUT2D eigenvalue weighted by atomic mass is 9.42. The summed E-state index contributed by atoms with van der Waals surface area (Å²) in [5.74, 6) is 0.646. The number of nitrogens with one attached hydrogen (secondary N) is 1. The number of fused-ring (bicyclic) bond motifs is 2. The molecular weight excluding hydrogens is 418 g/mol. The van der Waals surface area contributed by atoms with Gasteiger partial charge in [-0.05, 0) is 25.2 Å². The summed E-state index contributed by atoms with van der Waals surface area (Å²) < 4.78 is 11.8. The van der Waals surface area contributed by atoms with Crippen molar-refractivity contribution in [3.05, 3.63) is 6.20 Å². The van der Waals surface area contributed by atoms with E-state index in [-0.39, 0.29) is 23.7 Å². The van der Waals surface area contributed by atoms with Crippen molar-refractivity contribution in [3.63, 3.8) is 0 Å². The number of hydrogen-bond donors (Lipinski definition) is 1. The zero-order chi connectivity index (χ0) is 21.8. The molecule has 10 heteroatoms. The van der Waals surface area contributed by atoms with Gasteiger partial charge in [-0.2, -0.15) is 0 Å². The Hall–Kier alpha value is -2.46. The zero-order valence-electron chi connectivity index (χ0n) is 18.0. The summed E-state index contributed by atoms with van der Waals surface area (Å²) in [6.07, 6.45) is 4.18. The molecule has 3 fully saturated rings. The third kappa shape index (κ3) is 3.15. The number of pyridine rings is 1. The molecule has 0 aromatic carbocycles. The first-order chi connectivity index (χ1) is 14.9. The Bertz CT molecular complexity index is 1030. The number of carbonyl (C=O) groups excluding carboxylic acids is 2. The minimum Gasteiger partial charge on any atom is -0.479 e. The molecule has 3 heterocycles. The molecule has 1 N–H and O–H groups in total. The van der Waals surface area contributed by atoms with Crippen LogP contribution in [0.25, 0.3) is 10.2 Å². The average molecular weight is 446 g/mol. The number of anilines is 2. The van der Waals surface area contributed by atoms with Crippen molar-refractivity contribution in [1.82, 2.24) is 14.9 Å². The Morgan fingerprint density at radius 3 is 2.74 bits per heavy atom. The quantitative estimate of drug-likeness (QED) is 0.752.